The normalized spacial score (nSPS) is 22.5. The molecule has 1 aromatic heterocycles. The lowest BCUT2D eigenvalue weighted by Gasteiger charge is -2.17. The monoisotopic (exact) mass is 288 g/mol. The van der Waals surface area contributed by atoms with Crippen LogP contribution in [0.4, 0.5) is 0 Å². The van der Waals surface area contributed by atoms with E-state index in [1.165, 1.54) is 6.20 Å². The van der Waals surface area contributed by atoms with Crippen molar-refractivity contribution in [3.63, 3.8) is 0 Å². The van der Waals surface area contributed by atoms with Gasteiger partial charge < -0.3 is 14.5 Å². The Balaban J connectivity index is 2.04. The van der Waals surface area contributed by atoms with E-state index in [2.05, 4.69) is 9.71 Å². The number of hydrogen-bond acceptors (Lipinski definition) is 5. The Kier molecular flexibility index (Phi) is 3.77. The summed E-state index contributed by atoms with van der Waals surface area (Å²) in [6.07, 6.45) is 2.16. The van der Waals surface area contributed by atoms with Crippen molar-refractivity contribution >= 4 is 10.0 Å². The number of rotatable bonds is 4. The average Bonchev–Trinajstić information content (AvgIpc) is 2.67. The number of aromatic amines is 1. The van der Waals surface area contributed by atoms with Gasteiger partial charge in [0.25, 0.3) is 0 Å². The van der Waals surface area contributed by atoms with Crippen molar-refractivity contribution in [2.24, 2.45) is 0 Å². The maximum absolute atomic E-state index is 11.9. The molecular weight excluding hydrogens is 272 g/mol. The molecule has 0 amide bonds. The van der Waals surface area contributed by atoms with Gasteiger partial charge in [0, 0.05) is 25.0 Å². The maximum atomic E-state index is 11.9. The van der Waals surface area contributed by atoms with E-state index in [9.17, 15) is 13.2 Å². The minimum atomic E-state index is -3.85. The lowest BCUT2D eigenvalue weighted by atomic mass is 10.4. The molecule has 1 aromatic rings. The summed E-state index contributed by atoms with van der Waals surface area (Å²) in [7, 11) is -3.85. The number of nitrogens with one attached hydrogen (secondary N) is 2. The van der Waals surface area contributed by atoms with Crippen LogP contribution in [-0.2, 0) is 19.5 Å². The minimum absolute atomic E-state index is 0.0557. The van der Waals surface area contributed by atoms with E-state index in [-0.39, 0.29) is 17.5 Å². The van der Waals surface area contributed by atoms with Gasteiger partial charge in [0.1, 0.15) is 4.90 Å². The smallest absolute Gasteiger partial charge is 0.246 e. The quantitative estimate of drug-likeness (QED) is 0.800. The highest BCUT2D eigenvalue weighted by molar-refractivity contribution is 7.89. The van der Waals surface area contributed by atoms with Gasteiger partial charge in [-0.05, 0) is 13.8 Å². The number of H-pyrrole nitrogens is 1. The summed E-state index contributed by atoms with van der Waals surface area (Å²) >= 11 is 0. The zero-order valence-corrected chi connectivity index (χ0v) is 11.5. The molecule has 7 nitrogen and oxygen atoms in total. The lowest BCUT2D eigenvalue weighted by Crippen LogP contribution is -2.36. The van der Waals surface area contributed by atoms with Gasteiger partial charge in [-0.15, -0.1) is 0 Å². The third kappa shape index (κ3) is 3.41. The van der Waals surface area contributed by atoms with Gasteiger partial charge in [-0.2, -0.15) is 0 Å². The first-order chi connectivity index (χ1) is 8.80. The molecule has 19 heavy (non-hydrogen) atoms. The highest BCUT2D eigenvalue weighted by Crippen LogP contribution is 2.21. The summed E-state index contributed by atoms with van der Waals surface area (Å²) in [4.78, 5) is 13.7. The van der Waals surface area contributed by atoms with E-state index in [0.717, 1.165) is 12.3 Å². The topological polar surface area (TPSA) is 97.5 Å². The summed E-state index contributed by atoms with van der Waals surface area (Å²) in [6.45, 7) is 3.87. The summed E-state index contributed by atoms with van der Waals surface area (Å²) in [5.74, 6) is -0.708. The molecule has 0 bridgehead atoms. The molecule has 1 saturated heterocycles. The van der Waals surface area contributed by atoms with Crippen molar-refractivity contribution < 1.29 is 17.9 Å². The van der Waals surface area contributed by atoms with Gasteiger partial charge in [0.2, 0.25) is 15.5 Å². The van der Waals surface area contributed by atoms with E-state index >= 15 is 0 Å². The number of pyridine rings is 1. The number of ether oxygens (including phenoxy) is 2. The molecule has 2 rings (SSSR count). The van der Waals surface area contributed by atoms with Crippen molar-refractivity contribution in [3.05, 3.63) is 28.7 Å². The maximum Gasteiger partial charge on any atom is 0.246 e. The summed E-state index contributed by atoms with van der Waals surface area (Å²) in [5.41, 5.74) is -0.560. The molecule has 1 aliphatic rings. The molecule has 2 heterocycles. The molecule has 1 aliphatic heterocycles. The number of sulfonamides is 1. The fraction of sp³-hybridized carbons (Fsp3) is 0.545. The van der Waals surface area contributed by atoms with Gasteiger partial charge >= 0.3 is 0 Å². The van der Waals surface area contributed by atoms with Crippen LogP contribution in [0.5, 0.6) is 0 Å². The van der Waals surface area contributed by atoms with Gasteiger partial charge in [-0.25, -0.2) is 13.1 Å². The Labute approximate surface area is 111 Å². The van der Waals surface area contributed by atoms with E-state index in [0.29, 0.717) is 6.61 Å². The first-order valence-corrected chi connectivity index (χ1v) is 7.27. The van der Waals surface area contributed by atoms with Crippen LogP contribution < -0.4 is 10.2 Å². The second-order valence-corrected chi connectivity index (χ2v) is 6.41. The number of hydrogen-bond donors (Lipinski definition) is 2. The molecule has 0 aliphatic carbocycles. The van der Waals surface area contributed by atoms with Gasteiger partial charge in [-0.1, -0.05) is 0 Å². The summed E-state index contributed by atoms with van der Waals surface area (Å²) < 4.78 is 37.0. The number of aromatic nitrogens is 1. The van der Waals surface area contributed by atoms with E-state index in [1.807, 2.05) is 0 Å². The average molecular weight is 288 g/mol. The summed E-state index contributed by atoms with van der Waals surface area (Å²) in [6, 6.07) is 1.16. The van der Waals surface area contributed by atoms with Gasteiger partial charge in [0.15, 0.2) is 5.79 Å². The third-order valence-electron chi connectivity index (χ3n) is 2.65. The predicted molar refractivity (Wildman–Crippen MR) is 67.2 cm³/mol. The first-order valence-electron chi connectivity index (χ1n) is 5.79. The molecule has 0 saturated carbocycles. The molecule has 0 spiro atoms. The van der Waals surface area contributed by atoms with E-state index < -0.39 is 21.2 Å². The van der Waals surface area contributed by atoms with Crippen LogP contribution in [0.15, 0.2) is 28.2 Å². The molecule has 106 valence electrons. The van der Waals surface area contributed by atoms with Crippen molar-refractivity contribution in [1.82, 2.24) is 9.71 Å². The van der Waals surface area contributed by atoms with Crippen molar-refractivity contribution in [1.29, 1.82) is 0 Å². The Morgan fingerprint density at radius 3 is 2.84 bits per heavy atom. The van der Waals surface area contributed by atoms with Crippen LogP contribution in [0.3, 0.4) is 0 Å². The molecule has 0 aromatic carbocycles. The van der Waals surface area contributed by atoms with Crippen molar-refractivity contribution in [3.8, 4) is 0 Å². The predicted octanol–water partition coefficient (Wildman–Crippen LogP) is -0.195. The lowest BCUT2D eigenvalue weighted by molar-refractivity contribution is -0.137. The first kappa shape index (κ1) is 14.2. The van der Waals surface area contributed by atoms with E-state index in [1.54, 1.807) is 13.8 Å². The molecule has 2 N–H and O–H groups in total. The second kappa shape index (κ2) is 5.04. The highest BCUT2D eigenvalue weighted by Gasteiger charge is 2.33. The Morgan fingerprint density at radius 2 is 2.26 bits per heavy atom. The SMILES string of the molecule is CC1(C)OCC(CNS(=O)(=O)c2c[nH]ccc2=O)O1. The Morgan fingerprint density at radius 1 is 1.53 bits per heavy atom. The van der Waals surface area contributed by atoms with Crippen LogP contribution in [0.2, 0.25) is 0 Å². The molecule has 1 atom stereocenters. The molecule has 0 radical (unpaired) electrons. The van der Waals surface area contributed by atoms with Crippen LogP contribution in [0.1, 0.15) is 13.8 Å². The minimum Gasteiger partial charge on any atom is -0.366 e. The molecule has 1 fully saturated rings. The van der Waals surface area contributed by atoms with Crippen LogP contribution in [0.25, 0.3) is 0 Å². The second-order valence-electron chi connectivity index (χ2n) is 4.68. The van der Waals surface area contributed by atoms with Crippen LogP contribution >= 0.6 is 0 Å². The Hall–Kier alpha value is -1.22. The molecule has 8 heteroatoms. The van der Waals surface area contributed by atoms with Crippen LogP contribution in [-0.4, -0.2) is 38.4 Å². The van der Waals surface area contributed by atoms with Crippen LogP contribution in [0, 0.1) is 0 Å². The molecule has 1 unspecified atom stereocenters. The Bertz CT molecular complexity index is 608. The largest absolute Gasteiger partial charge is 0.366 e. The van der Waals surface area contributed by atoms with Gasteiger partial charge in [-0.3, -0.25) is 4.79 Å². The fourth-order valence-corrected chi connectivity index (χ4v) is 2.87. The zero-order chi connectivity index (χ0) is 14.1. The standard InChI is InChI=1S/C11H16N2O5S/c1-11(2)17-7-8(18-11)5-13-19(15,16)10-6-12-4-3-9(10)14/h3-4,6,8,13H,5,7H2,1-2H3,(H,12,14). The van der Waals surface area contributed by atoms with Gasteiger partial charge in [0.05, 0.1) is 12.7 Å². The highest BCUT2D eigenvalue weighted by atomic mass is 32.2. The molecular formula is C11H16N2O5S. The van der Waals surface area contributed by atoms with Crippen molar-refractivity contribution in [2.75, 3.05) is 13.2 Å². The van der Waals surface area contributed by atoms with Crippen molar-refractivity contribution in [2.45, 2.75) is 30.6 Å². The fourth-order valence-electron chi connectivity index (χ4n) is 1.75. The summed E-state index contributed by atoms with van der Waals surface area (Å²) in [5, 5.41) is 0. The zero-order valence-electron chi connectivity index (χ0n) is 10.7. The third-order valence-corrected chi connectivity index (χ3v) is 4.09. The van der Waals surface area contributed by atoms with E-state index in [4.69, 9.17) is 9.47 Å².